The summed E-state index contributed by atoms with van der Waals surface area (Å²) in [5, 5.41) is 0. The molecule has 0 aliphatic heterocycles. The summed E-state index contributed by atoms with van der Waals surface area (Å²) in [6.07, 6.45) is 2.10. The molecule has 2 aromatic rings. The Morgan fingerprint density at radius 1 is 1.22 bits per heavy atom. The van der Waals surface area contributed by atoms with Crippen LogP contribution in [-0.4, -0.2) is 16.3 Å². The summed E-state index contributed by atoms with van der Waals surface area (Å²) in [6.45, 7) is 4.28. The number of rotatable bonds is 3. The summed E-state index contributed by atoms with van der Waals surface area (Å²) in [5.41, 5.74) is 8.13. The average molecular weight is 241 g/mol. The molecular weight excluding hydrogens is 226 g/mol. The van der Waals surface area contributed by atoms with E-state index in [4.69, 9.17) is 5.73 Å². The van der Waals surface area contributed by atoms with Gasteiger partial charge in [-0.15, -0.1) is 0 Å². The molecular formula is C14H15N3O. The van der Waals surface area contributed by atoms with Crippen molar-refractivity contribution in [1.29, 1.82) is 0 Å². The highest BCUT2D eigenvalue weighted by Gasteiger charge is 2.06. The fraction of sp³-hybridized carbons (Fsp3) is 0.214. The van der Waals surface area contributed by atoms with Crippen molar-refractivity contribution in [2.24, 2.45) is 0 Å². The molecule has 0 saturated heterocycles. The van der Waals surface area contributed by atoms with E-state index in [1.54, 1.807) is 0 Å². The van der Waals surface area contributed by atoms with Crippen LogP contribution in [0.15, 0.2) is 30.5 Å². The first kappa shape index (κ1) is 12.2. The first-order valence-corrected chi connectivity index (χ1v) is 5.80. The molecule has 0 saturated carbocycles. The molecule has 18 heavy (non-hydrogen) atoms. The van der Waals surface area contributed by atoms with Crippen LogP contribution < -0.4 is 5.73 Å². The number of aromatic nitrogens is 2. The van der Waals surface area contributed by atoms with Crippen LogP contribution in [0.25, 0.3) is 11.4 Å². The molecule has 4 heteroatoms. The number of anilines is 1. The summed E-state index contributed by atoms with van der Waals surface area (Å²) < 4.78 is 0. The molecule has 0 bridgehead atoms. The van der Waals surface area contributed by atoms with Gasteiger partial charge >= 0.3 is 0 Å². The van der Waals surface area contributed by atoms with Gasteiger partial charge in [-0.3, -0.25) is 4.79 Å². The van der Waals surface area contributed by atoms with Crippen LogP contribution in [0.5, 0.6) is 0 Å². The van der Waals surface area contributed by atoms with E-state index in [0.29, 0.717) is 23.6 Å². The molecule has 2 N–H and O–H groups in total. The van der Waals surface area contributed by atoms with E-state index in [9.17, 15) is 4.79 Å². The fourth-order valence-corrected chi connectivity index (χ4v) is 1.65. The number of nitrogens with two attached hydrogens (primary N) is 1. The molecule has 0 fully saturated rings. The van der Waals surface area contributed by atoms with Crippen LogP contribution in [0, 0.1) is 0 Å². The molecule has 0 aliphatic carbocycles. The van der Waals surface area contributed by atoms with Crippen molar-refractivity contribution >= 4 is 12.1 Å². The van der Waals surface area contributed by atoms with Crippen LogP contribution >= 0.6 is 0 Å². The van der Waals surface area contributed by atoms with Gasteiger partial charge in [-0.2, -0.15) is 0 Å². The predicted octanol–water partition coefficient (Wildman–Crippen LogP) is 2.66. The van der Waals surface area contributed by atoms with Gasteiger partial charge in [0.05, 0.1) is 5.56 Å². The third-order valence-corrected chi connectivity index (χ3v) is 2.81. The van der Waals surface area contributed by atoms with Gasteiger partial charge in [0.15, 0.2) is 12.1 Å². The summed E-state index contributed by atoms with van der Waals surface area (Å²) in [6, 6.07) is 8.02. The van der Waals surface area contributed by atoms with E-state index in [1.165, 1.54) is 11.8 Å². The zero-order valence-corrected chi connectivity index (χ0v) is 10.4. The molecule has 0 atom stereocenters. The second-order valence-electron chi connectivity index (χ2n) is 4.43. The van der Waals surface area contributed by atoms with Crippen molar-refractivity contribution in [1.82, 2.24) is 9.97 Å². The van der Waals surface area contributed by atoms with Gasteiger partial charge in [-0.05, 0) is 11.5 Å². The maximum Gasteiger partial charge on any atom is 0.161 e. The number of aldehydes is 1. The minimum Gasteiger partial charge on any atom is -0.383 e. The molecule has 1 aromatic heterocycles. The van der Waals surface area contributed by atoms with Crippen LogP contribution in [0.1, 0.15) is 35.7 Å². The largest absolute Gasteiger partial charge is 0.383 e. The average Bonchev–Trinajstić information content (AvgIpc) is 2.38. The van der Waals surface area contributed by atoms with Gasteiger partial charge in [0, 0.05) is 11.8 Å². The van der Waals surface area contributed by atoms with E-state index in [2.05, 4.69) is 23.8 Å². The molecule has 0 unspecified atom stereocenters. The highest BCUT2D eigenvalue weighted by molar-refractivity contribution is 5.81. The Morgan fingerprint density at radius 3 is 2.39 bits per heavy atom. The quantitative estimate of drug-likeness (QED) is 0.839. The van der Waals surface area contributed by atoms with Gasteiger partial charge in [-0.1, -0.05) is 38.1 Å². The Kier molecular flexibility index (Phi) is 3.37. The number of benzene rings is 1. The SMILES string of the molecule is CC(C)c1ccc(-c2ncc(C=O)c(N)n2)cc1. The van der Waals surface area contributed by atoms with Gasteiger partial charge < -0.3 is 5.73 Å². The molecule has 1 aromatic carbocycles. The monoisotopic (exact) mass is 241 g/mol. The number of carbonyl (C=O) groups excluding carboxylic acids is 1. The number of hydrogen-bond donors (Lipinski definition) is 1. The first-order chi connectivity index (χ1) is 8.61. The minimum atomic E-state index is 0.211. The maximum absolute atomic E-state index is 10.6. The molecule has 0 radical (unpaired) electrons. The van der Waals surface area contributed by atoms with Crippen molar-refractivity contribution in [3.63, 3.8) is 0 Å². The first-order valence-electron chi connectivity index (χ1n) is 5.80. The predicted molar refractivity (Wildman–Crippen MR) is 71.4 cm³/mol. The second-order valence-corrected chi connectivity index (χ2v) is 4.43. The van der Waals surface area contributed by atoms with Crippen LogP contribution in [0.2, 0.25) is 0 Å². The molecule has 0 amide bonds. The lowest BCUT2D eigenvalue weighted by Gasteiger charge is -2.07. The number of hydrogen-bond acceptors (Lipinski definition) is 4. The highest BCUT2D eigenvalue weighted by Crippen LogP contribution is 2.20. The lowest BCUT2D eigenvalue weighted by molar-refractivity contribution is 0.112. The Hall–Kier alpha value is -2.23. The molecule has 2 rings (SSSR count). The minimum absolute atomic E-state index is 0.211. The van der Waals surface area contributed by atoms with Crippen molar-refractivity contribution in [2.45, 2.75) is 19.8 Å². The third-order valence-electron chi connectivity index (χ3n) is 2.81. The number of nitrogen functional groups attached to an aromatic ring is 1. The molecule has 0 spiro atoms. The summed E-state index contributed by atoms with van der Waals surface area (Å²) in [7, 11) is 0. The van der Waals surface area contributed by atoms with Gasteiger partial charge in [-0.25, -0.2) is 9.97 Å². The highest BCUT2D eigenvalue weighted by atomic mass is 16.1. The topological polar surface area (TPSA) is 68.9 Å². The van der Waals surface area contributed by atoms with Crippen molar-refractivity contribution in [3.05, 3.63) is 41.6 Å². The van der Waals surface area contributed by atoms with E-state index in [0.717, 1.165) is 5.56 Å². The Morgan fingerprint density at radius 2 is 1.89 bits per heavy atom. The number of carbonyl (C=O) groups is 1. The molecule has 1 heterocycles. The van der Waals surface area contributed by atoms with E-state index >= 15 is 0 Å². The Labute approximate surface area is 106 Å². The number of nitrogens with zero attached hydrogens (tertiary/aromatic N) is 2. The lowest BCUT2D eigenvalue weighted by atomic mass is 10.0. The smallest absolute Gasteiger partial charge is 0.161 e. The van der Waals surface area contributed by atoms with E-state index in [-0.39, 0.29) is 5.82 Å². The summed E-state index contributed by atoms with van der Waals surface area (Å²) in [4.78, 5) is 18.9. The van der Waals surface area contributed by atoms with Gasteiger partial charge in [0.2, 0.25) is 0 Å². The molecule has 92 valence electrons. The zero-order chi connectivity index (χ0) is 13.1. The lowest BCUT2D eigenvalue weighted by Crippen LogP contribution is -2.00. The summed E-state index contributed by atoms with van der Waals surface area (Å²) in [5.74, 6) is 1.24. The third kappa shape index (κ3) is 2.37. The van der Waals surface area contributed by atoms with Crippen molar-refractivity contribution in [2.75, 3.05) is 5.73 Å². The van der Waals surface area contributed by atoms with Gasteiger partial charge in [0.1, 0.15) is 5.82 Å². The van der Waals surface area contributed by atoms with E-state index in [1.807, 2.05) is 24.3 Å². The Balaban J connectivity index is 2.36. The molecule has 4 nitrogen and oxygen atoms in total. The van der Waals surface area contributed by atoms with Crippen molar-refractivity contribution < 1.29 is 4.79 Å². The Bertz CT molecular complexity index is 562. The summed E-state index contributed by atoms with van der Waals surface area (Å²) >= 11 is 0. The van der Waals surface area contributed by atoms with Gasteiger partial charge in [0.25, 0.3) is 0 Å². The zero-order valence-electron chi connectivity index (χ0n) is 10.4. The van der Waals surface area contributed by atoms with E-state index < -0.39 is 0 Å². The standard InChI is InChI=1S/C14H15N3O/c1-9(2)10-3-5-11(6-4-10)14-16-7-12(8-18)13(15)17-14/h3-9H,1-2H3,(H2,15,16,17). The van der Waals surface area contributed by atoms with Crippen LogP contribution in [0.4, 0.5) is 5.82 Å². The fourth-order valence-electron chi connectivity index (χ4n) is 1.65. The maximum atomic E-state index is 10.6. The van der Waals surface area contributed by atoms with Crippen LogP contribution in [0.3, 0.4) is 0 Å². The second kappa shape index (κ2) is 4.96. The van der Waals surface area contributed by atoms with Crippen LogP contribution in [-0.2, 0) is 0 Å². The van der Waals surface area contributed by atoms with Crippen molar-refractivity contribution in [3.8, 4) is 11.4 Å². The molecule has 0 aliphatic rings. The normalized spacial score (nSPS) is 10.6.